The SMILES string of the molecule is COc1nc(Cl)nc(N(C)c2cc(C)cc(C)c2)n1. The van der Waals surface area contributed by atoms with Crippen molar-refractivity contribution in [2.75, 3.05) is 19.1 Å². The summed E-state index contributed by atoms with van der Waals surface area (Å²) in [6, 6.07) is 6.42. The van der Waals surface area contributed by atoms with Gasteiger partial charge in [0.05, 0.1) is 7.11 Å². The van der Waals surface area contributed by atoms with E-state index >= 15 is 0 Å². The van der Waals surface area contributed by atoms with E-state index in [0.717, 1.165) is 5.69 Å². The third kappa shape index (κ3) is 3.12. The second kappa shape index (κ2) is 5.40. The van der Waals surface area contributed by atoms with Crippen molar-refractivity contribution < 1.29 is 4.74 Å². The first-order valence-corrected chi connectivity index (χ1v) is 6.15. The Morgan fingerprint density at radius 2 is 1.68 bits per heavy atom. The summed E-state index contributed by atoms with van der Waals surface area (Å²) in [5, 5.41) is 0.109. The summed E-state index contributed by atoms with van der Waals surface area (Å²) < 4.78 is 5.00. The van der Waals surface area contributed by atoms with Gasteiger partial charge in [-0.3, -0.25) is 0 Å². The molecule has 1 heterocycles. The highest BCUT2D eigenvalue weighted by Gasteiger charge is 2.12. The molecular weight excluding hydrogens is 264 g/mol. The lowest BCUT2D eigenvalue weighted by Gasteiger charge is -2.18. The van der Waals surface area contributed by atoms with Crippen molar-refractivity contribution in [1.82, 2.24) is 15.0 Å². The first kappa shape index (κ1) is 13.5. The maximum absolute atomic E-state index is 5.85. The van der Waals surface area contributed by atoms with Crippen LogP contribution in [0.2, 0.25) is 5.28 Å². The predicted molar refractivity (Wildman–Crippen MR) is 75.4 cm³/mol. The van der Waals surface area contributed by atoms with Crippen molar-refractivity contribution in [2.24, 2.45) is 0 Å². The fourth-order valence-electron chi connectivity index (χ4n) is 1.82. The molecule has 0 amide bonds. The van der Waals surface area contributed by atoms with Crippen LogP contribution < -0.4 is 9.64 Å². The Bertz CT molecular complexity index is 583. The van der Waals surface area contributed by atoms with Crippen LogP contribution in [0, 0.1) is 13.8 Å². The topological polar surface area (TPSA) is 51.1 Å². The van der Waals surface area contributed by atoms with E-state index in [2.05, 4.69) is 33.2 Å². The van der Waals surface area contributed by atoms with Crippen LogP contribution in [0.3, 0.4) is 0 Å². The van der Waals surface area contributed by atoms with Gasteiger partial charge in [-0.05, 0) is 48.7 Å². The van der Waals surface area contributed by atoms with E-state index in [1.807, 2.05) is 25.8 Å². The standard InChI is InChI=1S/C13H15ClN4O/c1-8-5-9(2)7-10(6-8)18(3)12-15-11(14)16-13(17-12)19-4/h5-7H,1-4H3. The third-order valence-corrected chi connectivity index (χ3v) is 2.82. The number of anilines is 2. The molecule has 6 heteroatoms. The zero-order valence-electron chi connectivity index (χ0n) is 11.3. The Labute approximate surface area is 117 Å². The van der Waals surface area contributed by atoms with Crippen LogP contribution in [0.4, 0.5) is 11.6 Å². The first-order chi connectivity index (χ1) is 8.99. The maximum atomic E-state index is 5.85. The van der Waals surface area contributed by atoms with Crippen molar-refractivity contribution in [3.8, 4) is 6.01 Å². The molecule has 0 radical (unpaired) electrons. The number of nitrogens with zero attached hydrogens (tertiary/aromatic N) is 4. The fraction of sp³-hybridized carbons (Fsp3) is 0.308. The van der Waals surface area contributed by atoms with Crippen LogP contribution in [0.15, 0.2) is 18.2 Å². The summed E-state index contributed by atoms with van der Waals surface area (Å²) in [4.78, 5) is 14.0. The molecular formula is C13H15ClN4O. The zero-order chi connectivity index (χ0) is 14.0. The van der Waals surface area contributed by atoms with Crippen molar-refractivity contribution >= 4 is 23.2 Å². The molecule has 0 bridgehead atoms. The van der Waals surface area contributed by atoms with Crippen molar-refractivity contribution in [2.45, 2.75) is 13.8 Å². The van der Waals surface area contributed by atoms with Crippen LogP contribution in [0.25, 0.3) is 0 Å². The van der Waals surface area contributed by atoms with E-state index < -0.39 is 0 Å². The summed E-state index contributed by atoms with van der Waals surface area (Å²) in [6.07, 6.45) is 0. The number of methoxy groups -OCH3 is 1. The number of rotatable bonds is 3. The minimum absolute atomic E-state index is 0.109. The normalized spacial score (nSPS) is 10.4. The molecule has 2 rings (SSSR count). The molecule has 0 fully saturated rings. The summed E-state index contributed by atoms with van der Waals surface area (Å²) in [7, 11) is 3.37. The molecule has 0 spiro atoms. The van der Waals surface area contributed by atoms with Gasteiger partial charge in [-0.15, -0.1) is 0 Å². The summed E-state index contributed by atoms with van der Waals surface area (Å²) in [6.45, 7) is 4.09. The molecule has 0 saturated heterocycles. The Hall–Kier alpha value is -1.88. The molecule has 1 aromatic heterocycles. The van der Waals surface area contributed by atoms with Gasteiger partial charge < -0.3 is 9.64 Å². The molecule has 0 aliphatic rings. The van der Waals surface area contributed by atoms with Crippen LogP contribution in [0.5, 0.6) is 6.01 Å². The largest absolute Gasteiger partial charge is 0.467 e. The van der Waals surface area contributed by atoms with Gasteiger partial charge >= 0.3 is 6.01 Å². The lowest BCUT2D eigenvalue weighted by atomic mass is 10.1. The molecule has 0 saturated carbocycles. The molecule has 100 valence electrons. The smallest absolute Gasteiger partial charge is 0.322 e. The van der Waals surface area contributed by atoms with Gasteiger partial charge in [0.1, 0.15) is 0 Å². The van der Waals surface area contributed by atoms with Crippen LogP contribution in [0.1, 0.15) is 11.1 Å². The van der Waals surface area contributed by atoms with Gasteiger partial charge in [-0.1, -0.05) is 6.07 Å². The third-order valence-electron chi connectivity index (χ3n) is 2.65. The van der Waals surface area contributed by atoms with E-state index in [0.29, 0.717) is 5.95 Å². The van der Waals surface area contributed by atoms with Crippen LogP contribution in [-0.2, 0) is 0 Å². The monoisotopic (exact) mass is 278 g/mol. The molecule has 1 aromatic carbocycles. The number of hydrogen-bond donors (Lipinski definition) is 0. The maximum Gasteiger partial charge on any atom is 0.322 e. The Kier molecular flexibility index (Phi) is 3.85. The molecule has 0 aliphatic heterocycles. The Balaban J connectivity index is 2.43. The summed E-state index contributed by atoms with van der Waals surface area (Å²) in [5.41, 5.74) is 3.34. The molecule has 0 unspecified atom stereocenters. The van der Waals surface area contributed by atoms with E-state index in [-0.39, 0.29) is 11.3 Å². The predicted octanol–water partition coefficient (Wildman–Crippen LogP) is 2.92. The fourth-order valence-corrected chi connectivity index (χ4v) is 1.97. The number of ether oxygens (including phenoxy) is 1. The minimum atomic E-state index is 0.109. The zero-order valence-corrected chi connectivity index (χ0v) is 12.1. The second-order valence-electron chi connectivity index (χ2n) is 4.30. The summed E-state index contributed by atoms with van der Waals surface area (Å²) in [5.74, 6) is 0.446. The van der Waals surface area contributed by atoms with Crippen molar-refractivity contribution in [1.29, 1.82) is 0 Å². The molecule has 0 aliphatic carbocycles. The molecule has 5 nitrogen and oxygen atoms in total. The lowest BCUT2D eigenvalue weighted by molar-refractivity contribution is 0.378. The van der Waals surface area contributed by atoms with Gasteiger partial charge in [0.25, 0.3) is 0 Å². The van der Waals surface area contributed by atoms with Gasteiger partial charge in [0.15, 0.2) is 0 Å². The van der Waals surface area contributed by atoms with Crippen LogP contribution >= 0.6 is 11.6 Å². The molecule has 0 N–H and O–H groups in total. The van der Waals surface area contributed by atoms with E-state index in [9.17, 15) is 0 Å². The number of aryl methyl sites for hydroxylation is 2. The average molecular weight is 279 g/mol. The Morgan fingerprint density at radius 1 is 1.05 bits per heavy atom. The quantitative estimate of drug-likeness (QED) is 0.864. The van der Waals surface area contributed by atoms with Gasteiger partial charge in [-0.25, -0.2) is 0 Å². The first-order valence-electron chi connectivity index (χ1n) is 5.77. The number of hydrogen-bond acceptors (Lipinski definition) is 5. The number of aromatic nitrogens is 3. The van der Waals surface area contributed by atoms with Crippen molar-refractivity contribution in [3.05, 3.63) is 34.6 Å². The molecule has 0 atom stereocenters. The average Bonchev–Trinajstić information content (AvgIpc) is 2.35. The van der Waals surface area contributed by atoms with Crippen LogP contribution in [-0.4, -0.2) is 29.1 Å². The molecule has 2 aromatic rings. The van der Waals surface area contributed by atoms with E-state index in [1.54, 1.807) is 0 Å². The molecule has 19 heavy (non-hydrogen) atoms. The van der Waals surface area contributed by atoms with Crippen molar-refractivity contribution in [3.63, 3.8) is 0 Å². The Morgan fingerprint density at radius 3 is 2.26 bits per heavy atom. The van der Waals surface area contributed by atoms with Gasteiger partial charge in [0, 0.05) is 12.7 Å². The highest BCUT2D eigenvalue weighted by molar-refractivity contribution is 6.28. The van der Waals surface area contributed by atoms with Gasteiger partial charge in [-0.2, -0.15) is 15.0 Å². The number of benzene rings is 1. The van der Waals surface area contributed by atoms with E-state index in [1.165, 1.54) is 18.2 Å². The highest BCUT2D eigenvalue weighted by atomic mass is 35.5. The summed E-state index contributed by atoms with van der Waals surface area (Å²) >= 11 is 5.85. The van der Waals surface area contributed by atoms with Gasteiger partial charge in [0.2, 0.25) is 11.2 Å². The second-order valence-corrected chi connectivity index (χ2v) is 4.63. The highest BCUT2D eigenvalue weighted by Crippen LogP contribution is 2.24. The van der Waals surface area contributed by atoms with E-state index in [4.69, 9.17) is 16.3 Å². The number of halogens is 1. The minimum Gasteiger partial charge on any atom is -0.467 e. The lowest BCUT2D eigenvalue weighted by Crippen LogP contribution is -2.14.